The SMILES string of the molecule is CN(C)c1ccc(C(O)CNC(=O)C(=O)NC2CC2)cc1. The Kier molecular flexibility index (Phi) is 4.80. The molecule has 0 aromatic heterocycles. The van der Waals surface area contributed by atoms with Gasteiger partial charge in [-0.3, -0.25) is 9.59 Å². The Morgan fingerprint density at radius 1 is 1.24 bits per heavy atom. The first-order valence-electron chi connectivity index (χ1n) is 7.01. The molecule has 114 valence electrons. The topological polar surface area (TPSA) is 81.7 Å². The van der Waals surface area contributed by atoms with E-state index >= 15 is 0 Å². The highest BCUT2D eigenvalue weighted by Crippen LogP contribution is 2.18. The number of hydrogen-bond acceptors (Lipinski definition) is 4. The minimum atomic E-state index is -0.834. The molecule has 0 aliphatic heterocycles. The number of carbonyl (C=O) groups excluding carboxylic acids is 2. The van der Waals surface area contributed by atoms with Crippen LogP contribution in [0.4, 0.5) is 5.69 Å². The molecular weight excluding hydrogens is 270 g/mol. The highest BCUT2D eigenvalue weighted by Gasteiger charge is 2.26. The average molecular weight is 291 g/mol. The molecule has 1 atom stereocenters. The molecule has 0 saturated heterocycles. The first-order chi connectivity index (χ1) is 9.97. The molecule has 1 fully saturated rings. The van der Waals surface area contributed by atoms with Crippen LogP contribution in [0, 0.1) is 0 Å². The van der Waals surface area contributed by atoms with Gasteiger partial charge in [0, 0.05) is 32.4 Å². The Labute approximate surface area is 124 Å². The molecule has 6 nitrogen and oxygen atoms in total. The Hall–Kier alpha value is -2.08. The molecule has 2 rings (SSSR count). The summed E-state index contributed by atoms with van der Waals surface area (Å²) in [6.45, 7) is 0.0121. The summed E-state index contributed by atoms with van der Waals surface area (Å²) in [5, 5.41) is 15.1. The van der Waals surface area contributed by atoms with Crippen molar-refractivity contribution in [2.75, 3.05) is 25.5 Å². The van der Waals surface area contributed by atoms with Crippen molar-refractivity contribution in [3.05, 3.63) is 29.8 Å². The van der Waals surface area contributed by atoms with Crippen LogP contribution < -0.4 is 15.5 Å². The van der Waals surface area contributed by atoms with Crippen molar-refractivity contribution in [2.45, 2.75) is 25.0 Å². The lowest BCUT2D eigenvalue weighted by molar-refractivity contribution is -0.139. The van der Waals surface area contributed by atoms with Gasteiger partial charge >= 0.3 is 11.8 Å². The van der Waals surface area contributed by atoms with Gasteiger partial charge in [0.2, 0.25) is 0 Å². The van der Waals surface area contributed by atoms with Crippen molar-refractivity contribution in [1.82, 2.24) is 10.6 Å². The summed E-state index contributed by atoms with van der Waals surface area (Å²) in [5.74, 6) is -1.33. The van der Waals surface area contributed by atoms with Crippen LogP contribution in [0.3, 0.4) is 0 Å². The zero-order valence-corrected chi connectivity index (χ0v) is 12.3. The minimum absolute atomic E-state index is 0.0121. The summed E-state index contributed by atoms with van der Waals surface area (Å²) < 4.78 is 0. The molecule has 1 aromatic rings. The second kappa shape index (κ2) is 6.58. The van der Waals surface area contributed by atoms with E-state index in [1.807, 2.05) is 31.1 Å². The third kappa shape index (κ3) is 4.46. The molecule has 1 saturated carbocycles. The molecule has 0 radical (unpaired) electrons. The van der Waals surface area contributed by atoms with Gasteiger partial charge in [-0.05, 0) is 30.5 Å². The van der Waals surface area contributed by atoms with Crippen molar-refractivity contribution >= 4 is 17.5 Å². The predicted octanol–water partition coefficient (Wildman–Crippen LogP) is 0.181. The van der Waals surface area contributed by atoms with Gasteiger partial charge < -0.3 is 20.6 Å². The van der Waals surface area contributed by atoms with E-state index in [4.69, 9.17) is 0 Å². The number of hydrogen-bond donors (Lipinski definition) is 3. The fourth-order valence-electron chi connectivity index (χ4n) is 1.86. The lowest BCUT2D eigenvalue weighted by atomic mass is 10.1. The van der Waals surface area contributed by atoms with Crippen molar-refractivity contribution in [2.24, 2.45) is 0 Å². The quantitative estimate of drug-likeness (QED) is 0.676. The van der Waals surface area contributed by atoms with Gasteiger partial charge in [0.15, 0.2) is 0 Å². The molecule has 1 aliphatic rings. The van der Waals surface area contributed by atoms with E-state index < -0.39 is 17.9 Å². The monoisotopic (exact) mass is 291 g/mol. The lowest BCUT2D eigenvalue weighted by Gasteiger charge is -2.15. The molecule has 3 N–H and O–H groups in total. The van der Waals surface area contributed by atoms with Crippen molar-refractivity contribution < 1.29 is 14.7 Å². The molecule has 1 unspecified atom stereocenters. The van der Waals surface area contributed by atoms with Crippen molar-refractivity contribution in [1.29, 1.82) is 0 Å². The fourth-order valence-corrected chi connectivity index (χ4v) is 1.86. The summed E-state index contributed by atoms with van der Waals surface area (Å²) in [6, 6.07) is 7.53. The third-order valence-electron chi connectivity index (χ3n) is 3.37. The van der Waals surface area contributed by atoms with Crippen molar-refractivity contribution in [3.8, 4) is 0 Å². The zero-order chi connectivity index (χ0) is 15.4. The van der Waals surface area contributed by atoms with Gasteiger partial charge in [0.05, 0.1) is 6.10 Å². The number of nitrogens with one attached hydrogen (secondary N) is 2. The second-order valence-corrected chi connectivity index (χ2v) is 5.46. The van der Waals surface area contributed by atoms with Gasteiger partial charge in [-0.15, -0.1) is 0 Å². The summed E-state index contributed by atoms with van der Waals surface area (Å²) in [6.07, 6.45) is 1.03. The number of aliphatic hydroxyl groups is 1. The Morgan fingerprint density at radius 3 is 2.38 bits per heavy atom. The van der Waals surface area contributed by atoms with Gasteiger partial charge in [0.1, 0.15) is 0 Å². The number of benzene rings is 1. The summed E-state index contributed by atoms with van der Waals surface area (Å²) in [4.78, 5) is 25.0. The standard InChI is InChI=1S/C15H21N3O3/c1-18(2)12-7-3-10(4-8-12)13(19)9-16-14(20)15(21)17-11-5-6-11/h3-4,7-8,11,13,19H,5-6,9H2,1-2H3,(H,16,20)(H,17,21). The van der Waals surface area contributed by atoms with Gasteiger partial charge in [-0.1, -0.05) is 12.1 Å². The predicted molar refractivity (Wildman–Crippen MR) is 79.9 cm³/mol. The number of aliphatic hydroxyl groups excluding tert-OH is 1. The Bertz CT molecular complexity index is 509. The number of amides is 2. The van der Waals surface area contributed by atoms with Crippen LogP contribution in [-0.4, -0.2) is 43.6 Å². The van der Waals surface area contributed by atoms with Crippen LogP contribution in [0.15, 0.2) is 24.3 Å². The van der Waals surface area contributed by atoms with E-state index in [1.54, 1.807) is 12.1 Å². The number of carbonyl (C=O) groups is 2. The van der Waals surface area contributed by atoms with Crippen LogP contribution in [0.5, 0.6) is 0 Å². The highest BCUT2D eigenvalue weighted by molar-refractivity contribution is 6.35. The fraction of sp³-hybridized carbons (Fsp3) is 0.467. The normalized spacial score (nSPS) is 15.2. The largest absolute Gasteiger partial charge is 0.387 e. The summed E-state index contributed by atoms with van der Waals surface area (Å²) in [7, 11) is 3.87. The van der Waals surface area contributed by atoms with Crippen molar-refractivity contribution in [3.63, 3.8) is 0 Å². The first kappa shape index (κ1) is 15.3. The Morgan fingerprint density at radius 2 is 1.86 bits per heavy atom. The zero-order valence-electron chi connectivity index (χ0n) is 12.3. The highest BCUT2D eigenvalue weighted by atomic mass is 16.3. The van der Waals surface area contributed by atoms with Crippen LogP contribution in [0.25, 0.3) is 0 Å². The summed E-state index contributed by atoms with van der Waals surface area (Å²) >= 11 is 0. The molecule has 21 heavy (non-hydrogen) atoms. The van der Waals surface area contributed by atoms with E-state index in [9.17, 15) is 14.7 Å². The molecule has 6 heteroatoms. The molecule has 0 bridgehead atoms. The van der Waals surface area contributed by atoms with Crippen LogP contribution in [-0.2, 0) is 9.59 Å². The summed E-state index contributed by atoms with van der Waals surface area (Å²) in [5.41, 5.74) is 1.72. The molecule has 0 heterocycles. The van der Waals surface area contributed by atoms with E-state index in [0.29, 0.717) is 5.56 Å². The molecule has 1 aromatic carbocycles. The second-order valence-electron chi connectivity index (χ2n) is 5.46. The molecule has 0 spiro atoms. The van der Waals surface area contributed by atoms with Gasteiger partial charge in [-0.2, -0.15) is 0 Å². The molecule has 2 amide bonds. The molecular formula is C15H21N3O3. The van der Waals surface area contributed by atoms with E-state index in [1.165, 1.54) is 0 Å². The first-order valence-corrected chi connectivity index (χ1v) is 7.01. The maximum Gasteiger partial charge on any atom is 0.309 e. The van der Waals surface area contributed by atoms with E-state index in [-0.39, 0.29) is 12.6 Å². The van der Waals surface area contributed by atoms with Crippen LogP contribution >= 0.6 is 0 Å². The maximum atomic E-state index is 11.5. The van der Waals surface area contributed by atoms with Crippen LogP contribution in [0.2, 0.25) is 0 Å². The van der Waals surface area contributed by atoms with Gasteiger partial charge in [0.25, 0.3) is 0 Å². The third-order valence-corrected chi connectivity index (χ3v) is 3.37. The Balaban J connectivity index is 1.81. The maximum absolute atomic E-state index is 11.5. The van der Waals surface area contributed by atoms with Gasteiger partial charge in [-0.25, -0.2) is 0 Å². The molecule has 1 aliphatic carbocycles. The van der Waals surface area contributed by atoms with Crippen LogP contribution in [0.1, 0.15) is 24.5 Å². The smallest absolute Gasteiger partial charge is 0.309 e. The number of rotatable bonds is 5. The minimum Gasteiger partial charge on any atom is -0.387 e. The lowest BCUT2D eigenvalue weighted by Crippen LogP contribution is -2.42. The van der Waals surface area contributed by atoms with E-state index in [0.717, 1.165) is 18.5 Å². The average Bonchev–Trinajstić information content (AvgIpc) is 3.28. The number of anilines is 1. The van der Waals surface area contributed by atoms with E-state index in [2.05, 4.69) is 10.6 Å². The number of nitrogens with zero attached hydrogens (tertiary/aromatic N) is 1.